The molecule has 1 aromatic heterocycles. The van der Waals surface area contributed by atoms with Crippen molar-refractivity contribution < 1.29 is 14.6 Å². The second kappa shape index (κ2) is 3.95. The van der Waals surface area contributed by atoms with Gasteiger partial charge in [-0.2, -0.15) is 4.57 Å². The van der Waals surface area contributed by atoms with Crippen molar-refractivity contribution >= 4 is 16.5 Å². The van der Waals surface area contributed by atoms with E-state index in [4.69, 9.17) is 0 Å². The number of hydrogen-bond donors (Lipinski definition) is 0. The van der Waals surface area contributed by atoms with Gasteiger partial charge in [0.15, 0.2) is 12.4 Å². The largest absolute Gasteiger partial charge is 0.865 e. The number of hydrogen-bond acceptors (Lipinski definition) is 5. The summed E-state index contributed by atoms with van der Waals surface area (Å²) in [5.41, 5.74) is -2.18. The van der Waals surface area contributed by atoms with Crippen molar-refractivity contribution in [2.45, 2.75) is 0 Å². The van der Waals surface area contributed by atoms with Crippen molar-refractivity contribution in [2.24, 2.45) is 0 Å². The lowest BCUT2D eigenvalue weighted by molar-refractivity contribution is -0.600. The van der Waals surface area contributed by atoms with E-state index in [-0.39, 0.29) is 11.4 Å². The third-order valence-electron chi connectivity index (χ3n) is 3.09. The maximum absolute atomic E-state index is 11.3. The molecule has 20 heavy (non-hydrogen) atoms. The zero-order valence-electron chi connectivity index (χ0n) is 9.90. The summed E-state index contributed by atoms with van der Waals surface area (Å²) in [6.45, 7) is 0. The molecule has 0 bridgehead atoms. The second-order valence-corrected chi connectivity index (χ2v) is 4.23. The molecule has 0 saturated carbocycles. The van der Waals surface area contributed by atoms with E-state index in [0.29, 0.717) is 10.8 Å². The number of nitro groups is 1. The van der Waals surface area contributed by atoms with Crippen LogP contribution in [0.4, 0.5) is 5.69 Å². The molecule has 0 aliphatic rings. The quantitative estimate of drug-likeness (QED) is 0.275. The fourth-order valence-corrected chi connectivity index (χ4v) is 2.10. The van der Waals surface area contributed by atoms with E-state index in [9.17, 15) is 24.8 Å². The molecule has 0 spiro atoms. The molecule has 0 unspecified atom stereocenters. The van der Waals surface area contributed by atoms with Crippen LogP contribution < -0.4 is 20.5 Å². The molecule has 0 N–H and O–H groups in total. The second-order valence-electron chi connectivity index (χ2n) is 4.23. The van der Waals surface area contributed by atoms with Gasteiger partial charge < -0.3 is 5.11 Å². The first-order valence-electron chi connectivity index (χ1n) is 5.60. The van der Waals surface area contributed by atoms with Crippen molar-refractivity contribution in [1.82, 2.24) is 0 Å². The Hall–Kier alpha value is -3.09. The average molecular weight is 270 g/mol. The van der Waals surface area contributed by atoms with Gasteiger partial charge in [0.05, 0.1) is 15.7 Å². The monoisotopic (exact) mass is 270 g/mol. The molecule has 0 aliphatic carbocycles. The maximum Gasteiger partial charge on any atom is 0.296 e. The van der Waals surface area contributed by atoms with Gasteiger partial charge in [-0.3, -0.25) is 19.7 Å². The Kier molecular flexibility index (Phi) is 2.37. The Morgan fingerprint density at radius 3 is 2.50 bits per heavy atom. The van der Waals surface area contributed by atoms with Crippen molar-refractivity contribution in [2.75, 3.05) is 0 Å². The predicted octanol–water partition coefficient (Wildman–Crippen LogP) is -0.306. The smallest absolute Gasteiger partial charge is 0.296 e. The molecule has 0 fully saturated rings. The number of pyridine rings is 1. The molecule has 0 atom stereocenters. The first-order chi connectivity index (χ1) is 9.50. The van der Waals surface area contributed by atoms with Crippen LogP contribution in [0, 0.1) is 10.1 Å². The molecule has 0 amide bonds. The Morgan fingerprint density at radius 1 is 1.10 bits per heavy atom. The standard InChI is InChI=1S/C13H6N2O5/c16-11-10(12(17)13(11)18)14-5-4-8-7(6-14)2-1-3-9(8)15(19)20/h1-6H. The van der Waals surface area contributed by atoms with E-state index in [2.05, 4.69) is 0 Å². The molecular formula is C13H6N2O5. The molecule has 7 nitrogen and oxygen atoms in total. The number of fused-ring (bicyclic) bond motifs is 1. The molecule has 2 aromatic carbocycles. The lowest BCUT2D eigenvalue weighted by Gasteiger charge is -2.08. The SMILES string of the molecule is O=c1c([O-])c(-[n+]2ccc3c([N+](=O)[O-])cccc3c2)c1=O. The van der Waals surface area contributed by atoms with Gasteiger partial charge in [-0.15, -0.1) is 0 Å². The summed E-state index contributed by atoms with van der Waals surface area (Å²) in [6, 6.07) is 5.92. The Bertz CT molecular complexity index is 938. The summed E-state index contributed by atoms with van der Waals surface area (Å²) >= 11 is 0. The number of aromatic nitrogens is 1. The van der Waals surface area contributed by atoms with E-state index in [0.717, 1.165) is 0 Å². The summed E-state index contributed by atoms with van der Waals surface area (Å²) in [5, 5.41) is 23.1. The molecule has 0 radical (unpaired) electrons. The third kappa shape index (κ3) is 1.50. The summed E-state index contributed by atoms with van der Waals surface area (Å²) in [7, 11) is 0. The summed E-state index contributed by atoms with van der Waals surface area (Å²) in [4.78, 5) is 32.7. The molecular weight excluding hydrogens is 264 g/mol. The topological polar surface area (TPSA) is 104 Å². The Balaban J connectivity index is 2.26. The van der Waals surface area contributed by atoms with E-state index in [1.165, 1.54) is 35.2 Å². The normalized spacial score (nSPS) is 11.0. The highest BCUT2D eigenvalue weighted by molar-refractivity contribution is 5.89. The number of nitro benzene ring substituents is 1. The van der Waals surface area contributed by atoms with Gasteiger partial charge in [0.1, 0.15) is 0 Å². The highest BCUT2D eigenvalue weighted by atomic mass is 16.6. The molecule has 7 heteroatoms. The van der Waals surface area contributed by atoms with Crippen LogP contribution >= 0.6 is 0 Å². The van der Waals surface area contributed by atoms with Crippen LogP contribution in [0.3, 0.4) is 0 Å². The zero-order valence-corrected chi connectivity index (χ0v) is 9.90. The number of nitrogens with zero attached hydrogens (tertiary/aromatic N) is 2. The molecule has 1 heterocycles. The average Bonchev–Trinajstić information content (AvgIpc) is 2.46. The summed E-state index contributed by atoms with van der Waals surface area (Å²) < 4.78 is 1.22. The Morgan fingerprint density at radius 2 is 1.85 bits per heavy atom. The summed E-state index contributed by atoms with van der Waals surface area (Å²) in [5.74, 6) is -0.843. The van der Waals surface area contributed by atoms with Crippen LogP contribution in [0.25, 0.3) is 16.5 Å². The minimum atomic E-state index is -1.04. The van der Waals surface area contributed by atoms with Crippen molar-refractivity contribution in [1.29, 1.82) is 0 Å². The van der Waals surface area contributed by atoms with Gasteiger partial charge in [-0.25, -0.2) is 0 Å². The molecule has 0 saturated heterocycles. The van der Waals surface area contributed by atoms with Crippen LogP contribution in [0.15, 0.2) is 46.2 Å². The molecule has 0 aliphatic heterocycles. The fourth-order valence-electron chi connectivity index (χ4n) is 2.10. The van der Waals surface area contributed by atoms with Gasteiger partial charge in [-0.05, 0) is 6.07 Å². The number of non-ortho nitro benzene ring substituents is 1. The van der Waals surface area contributed by atoms with Crippen molar-refractivity contribution in [3.05, 3.63) is 67.2 Å². The highest BCUT2D eigenvalue weighted by Gasteiger charge is 2.23. The van der Waals surface area contributed by atoms with Gasteiger partial charge in [0.2, 0.25) is 5.43 Å². The molecule has 3 aromatic rings. The van der Waals surface area contributed by atoms with Crippen LogP contribution in [0.2, 0.25) is 0 Å². The maximum atomic E-state index is 11.3. The number of rotatable bonds is 2. The van der Waals surface area contributed by atoms with E-state index >= 15 is 0 Å². The lowest BCUT2D eigenvalue weighted by Crippen LogP contribution is -2.49. The van der Waals surface area contributed by atoms with E-state index in [1.54, 1.807) is 6.07 Å². The van der Waals surface area contributed by atoms with Crippen LogP contribution in [-0.4, -0.2) is 4.92 Å². The molecule has 98 valence electrons. The lowest BCUT2D eigenvalue weighted by atomic mass is 10.1. The van der Waals surface area contributed by atoms with Crippen LogP contribution in [0.1, 0.15) is 0 Å². The number of benzene rings is 1. The van der Waals surface area contributed by atoms with E-state index in [1.807, 2.05) is 0 Å². The summed E-state index contributed by atoms with van der Waals surface area (Å²) in [6.07, 6.45) is 2.77. The first kappa shape index (κ1) is 12.0. The van der Waals surface area contributed by atoms with Crippen LogP contribution in [0.5, 0.6) is 5.75 Å². The highest BCUT2D eigenvalue weighted by Crippen LogP contribution is 2.23. The molecule has 3 rings (SSSR count). The Labute approximate surface area is 110 Å². The van der Waals surface area contributed by atoms with Gasteiger partial charge in [0, 0.05) is 17.9 Å². The van der Waals surface area contributed by atoms with Crippen molar-refractivity contribution in [3.8, 4) is 11.4 Å². The van der Waals surface area contributed by atoms with Gasteiger partial charge in [0.25, 0.3) is 16.8 Å². The van der Waals surface area contributed by atoms with Gasteiger partial charge >= 0.3 is 0 Å². The van der Waals surface area contributed by atoms with Crippen molar-refractivity contribution in [3.63, 3.8) is 0 Å². The minimum absolute atomic E-state index is 0.0676. The minimum Gasteiger partial charge on any atom is -0.865 e. The predicted molar refractivity (Wildman–Crippen MR) is 66.5 cm³/mol. The first-order valence-corrected chi connectivity index (χ1v) is 5.60. The third-order valence-corrected chi connectivity index (χ3v) is 3.09. The van der Waals surface area contributed by atoms with Crippen LogP contribution in [-0.2, 0) is 0 Å². The zero-order chi connectivity index (χ0) is 14.4. The van der Waals surface area contributed by atoms with Gasteiger partial charge in [-0.1, -0.05) is 6.07 Å². The van der Waals surface area contributed by atoms with E-state index < -0.39 is 21.5 Å². The fraction of sp³-hybridized carbons (Fsp3) is 0.